The highest BCUT2D eigenvalue weighted by Gasteiger charge is 2.33. The van der Waals surface area contributed by atoms with Gasteiger partial charge in [-0.1, -0.05) is 36.6 Å². The molecule has 1 aromatic heterocycles. The molecule has 2 aromatic rings. The Labute approximate surface area is 184 Å². The maximum absolute atomic E-state index is 12.9. The fraction of sp³-hybridized carbons (Fsp3) is 0.455. The number of halogens is 1. The molecule has 9 heteroatoms. The number of para-hydroxylation sites is 1. The van der Waals surface area contributed by atoms with Crippen LogP contribution >= 0.6 is 11.6 Å². The van der Waals surface area contributed by atoms with Crippen LogP contribution in [0.5, 0.6) is 0 Å². The molecule has 162 valence electrons. The highest BCUT2D eigenvalue weighted by molar-refractivity contribution is 6.35. The predicted octanol–water partition coefficient (Wildman–Crippen LogP) is 2.25. The van der Waals surface area contributed by atoms with Gasteiger partial charge in [0.05, 0.1) is 16.6 Å². The number of benzene rings is 1. The van der Waals surface area contributed by atoms with Gasteiger partial charge in [0.2, 0.25) is 11.8 Å². The van der Waals surface area contributed by atoms with Crippen LogP contribution in [0.2, 0.25) is 5.02 Å². The van der Waals surface area contributed by atoms with E-state index in [0.717, 1.165) is 18.2 Å². The van der Waals surface area contributed by atoms with Gasteiger partial charge in [0.25, 0.3) is 5.91 Å². The van der Waals surface area contributed by atoms with E-state index in [1.165, 1.54) is 0 Å². The molecule has 2 fully saturated rings. The van der Waals surface area contributed by atoms with E-state index in [1.54, 1.807) is 18.2 Å². The van der Waals surface area contributed by atoms with E-state index in [9.17, 15) is 19.6 Å². The number of carbonyl (C=O) groups excluding carboxylic acids is 3. The Kier molecular flexibility index (Phi) is 6.14. The van der Waals surface area contributed by atoms with Crippen LogP contribution < -0.4 is 16.0 Å². The van der Waals surface area contributed by atoms with Crippen LogP contribution in [0.1, 0.15) is 42.6 Å². The minimum absolute atomic E-state index is 0.0881. The molecule has 4 N–H and O–H groups in total. The number of aromatic nitrogens is 1. The molecule has 1 aliphatic carbocycles. The summed E-state index contributed by atoms with van der Waals surface area (Å²) in [6.07, 6.45) is 3.47. The van der Waals surface area contributed by atoms with Gasteiger partial charge in [0, 0.05) is 17.8 Å². The number of nitrogens with one attached hydrogen (secondary N) is 4. The van der Waals surface area contributed by atoms with Crippen molar-refractivity contribution in [3.63, 3.8) is 0 Å². The third kappa shape index (κ3) is 5.00. The smallest absolute Gasteiger partial charge is 0.268 e. The molecule has 0 radical (unpaired) electrons. The lowest BCUT2D eigenvalue weighted by Gasteiger charge is -2.21. The van der Waals surface area contributed by atoms with Gasteiger partial charge in [-0.3, -0.25) is 14.4 Å². The van der Waals surface area contributed by atoms with E-state index in [1.807, 2.05) is 6.07 Å². The van der Waals surface area contributed by atoms with E-state index in [0.29, 0.717) is 41.5 Å². The third-order valence-corrected chi connectivity index (χ3v) is 6.21. The summed E-state index contributed by atoms with van der Waals surface area (Å²) < 4.78 is 0. The lowest BCUT2D eigenvalue weighted by atomic mass is 9.98. The number of rotatable bonds is 8. The van der Waals surface area contributed by atoms with Crippen LogP contribution in [-0.2, 0) is 9.59 Å². The third-order valence-electron chi connectivity index (χ3n) is 5.89. The van der Waals surface area contributed by atoms with E-state index in [2.05, 4.69) is 27.0 Å². The summed E-state index contributed by atoms with van der Waals surface area (Å²) in [6, 6.07) is 7.60. The predicted molar refractivity (Wildman–Crippen MR) is 115 cm³/mol. The Balaban J connectivity index is 1.43. The van der Waals surface area contributed by atoms with Crippen LogP contribution in [-0.4, -0.2) is 41.3 Å². The second-order valence-electron chi connectivity index (χ2n) is 8.29. The molecule has 31 heavy (non-hydrogen) atoms. The first-order valence-corrected chi connectivity index (χ1v) is 10.9. The van der Waals surface area contributed by atoms with Crippen molar-refractivity contribution in [2.75, 3.05) is 6.54 Å². The number of amides is 3. The van der Waals surface area contributed by atoms with Crippen molar-refractivity contribution in [1.82, 2.24) is 20.9 Å². The zero-order valence-corrected chi connectivity index (χ0v) is 17.7. The Bertz CT molecular complexity index is 1060. The highest BCUT2D eigenvalue weighted by Crippen LogP contribution is 2.33. The van der Waals surface area contributed by atoms with Gasteiger partial charge in [-0.15, -0.1) is 0 Å². The molecule has 0 spiro atoms. The average Bonchev–Trinajstić information content (AvgIpc) is 3.30. The van der Waals surface area contributed by atoms with Crippen molar-refractivity contribution in [3.05, 3.63) is 35.0 Å². The summed E-state index contributed by atoms with van der Waals surface area (Å²) in [5.74, 6) is -0.794. The number of fused-ring (bicyclic) bond motifs is 1. The van der Waals surface area contributed by atoms with Crippen LogP contribution in [0.15, 0.2) is 24.3 Å². The summed E-state index contributed by atoms with van der Waals surface area (Å²) in [5, 5.41) is 19.0. The molecule has 2 aliphatic rings. The first-order chi connectivity index (χ1) is 14.9. The van der Waals surface area contributed by atoms with Crippen LogP contribution in [0, 0.1) is 23.2 Å². The molecular weight excluding hydrogens is 418 g/mol. The van der Waals surface area contributed by atoms with Crippen LogP contribution in [0.3, 0.4) is 0 Å². The van der Waals surface area contributed by atoms with E-state index < -0.39 is 23.9 Å². The van der Waals surface area contributed by atoms with Gasteiger partial charge in [-0.05, 0) is 37.3 Å². The first kappa shape index (κ1) is 21.2. The normalized spacial score (nSPS) is 20.0. The maximum Gasteiger partial charge on any atom is 0.268 e. The summed E-state index contributed by atoms with van der Waals surface area (Å²) in [4.78, 5) is 40.6. The summed E-state index contributed by atoms with van der Waals surface area (Å²) >= 11 is 6.18. The number of H-pyrrole nitrogens is 1. The molecule has 3 amide bonds. The quantitative estimate of drug-likeness (QED) is 0.501. The fourth-order valence-corrected chi connectivity index (χ4v) is 4.20. The molecule has 8 nitrogen and oxygen atoms in total. The Morgan fingerprint density at radius 3 is 2.68 bits per heavy atom. The van der Waals surface area contributed by atoms with Gasteiger partial charge >= 0.3 is 0 Å². The van der Waals surface area contributed by atoms with Gasteiger partial charge in [-0.2, -0.15) is 5.26 Å². The Morgan fingerprint density at radius 2 is 2.03 bits per heavy atom. The molecule has 3 atom stereocenters. The molecule has 1 aromatic carbocycles. The zero-order valence-electron chi connectivity index (χ0n) is 16.9. The van der Waals surface area contributed by atoms with Crippen LogP contribution in [0.4, 0.5) is 0 Å². The summed E-state index contributed by atoms with van der Waals surface area (Å²) in [6.45, 7) is 0.588. The molecule has 1 saturated carbocycles. The van der Waals surface area contributed by atoms with Gasteiger partial charge in [0.15, 0.2) is 0 Å². The largest absolute Gasteiger partial charge is 0.356 e. The number of nitriles is 1. The van der Waals surface area contributed by atoms with Crippen molar-refractivity contribution in [1.29, 1.82) is 5.26 Å². The summed E-state index contributed by atoms with van der Waals surface area (Å²) in [5.41, 5.74) is 0.980. The molecular formula is C22H24ClN5O3. The van der Waals surface area contributed by atoms with Crippen molar-refractivity contribution >= 4 is 40.2 Å². The van der Waals surface area contributed by atoms with Gasteiger partial charge in [0.1, 0.15) is 17.8 Å². The van der Waals surface area contributed by atoms with Crippen molar-refractivity contribution in [2.24, 2.45) is 11.8 Å². The van der Waals surface area contributed by atoms with E-state index in [-0.39, 0.29) is 18.2 Å². The second kappa shape index (κ2) is 8.98. The molecule has 1 saturated heterocycles. The number of nitrogens with zero attached hydrogens (tertiary/aromatic N) is 1. The number of hydrogen-bond acceptors (Lipinski definition) is 4. The number of hydrogen-bond donors (Lipinski definition) is 4. The minimum Gasteiger partial charge on any atom is -0.356 e. The summed E-state index contributed by atoms with van der Waals surface area (Å²) in [7, 11) is 0. The van der Waals surface area contributed by atoms with Crippen molar-refractivity contribution < 1.29 is 14.4 Å². The standard InChI is InChI=1S/C22H24ClN5O3/c23-16-3-1-2-13-10-18(27-19(13)16)22(31)28-17(8-12-4-5-12)21(30)26-15(11-24)9-14-6-7-25-20(14)29/h1-3,10,12,14-15,17,27H,4-9H2,(H,25,29)(H,26,30)(H,28,31). The molecule has 1 aliphatic heterocycles. The molecule has 3 unspecified atom stereocenters. The SMILES string of the molecule is N#CC(CC1CCNC1=O)NC(=O)C(CC1CC1)NC(=O)c1cc2cccc(Cl)c2[nH]1. The molecule has 4 rings (SSSR count). The maximum atomic E-state index is 12.9. The number of aromatic amines is 1. The minimum atomic E-state index is -0.785. The lowest BCUT2D eigenvalue weighted by Crippen LogP contribution is -2.50. The molecule has 2 heterocycles. The monoisotopic (exact) mass is 441 g/mol. The topological polar surface area (TPSA) is 127 Å². The van der Waals surface area contributed by atoms with Crippen molar-refractivity contribution in [2.45, 2.75) is 44.2 Å². The second-order valence-corrected chi connectivity index (χ2v) is 8.70. The van der Waals surface area contributed by atoms with Crippen LogP contribution in [0.25, 0.3) is 10.9 Å². The highest BCUT2D eigenvalue weighted by atomic mass is 35.5. The Morgan fingerprint density at radius 1 is 1.23 bits per heavy atom. The van der Waals surface area contributed by atoms with E-state index in [4.69, 9.17) is 11.6 Å². The fourth-order valence-electron chi connectivity index (χ4n) is 3.97. The zero-order chi connectivity index (χ0) is 22.0. The average molecular weight is 442 g/mol. The first-order valence-electron chi connectivity index (χ1n) is 10.5. The molecule has 0 bridgehead atoms. The Hall–Kier alpha value is -3.05. The lowest BCUT2D eigenvalue weighted by molar-refractivity contribution is -0.125. The number of carbonyl (C=O) groups is 3. The van der Waals surface area contributed by atoms with Crippen molar-refractivity contribution in [3.8, 4) is 6.07 Å². The van der Waals surface area contributed by atoms with Gasteiger partial charge in [-0.25, -0.2) is 0 Å². The van der Waals surface area contributed by atoms with E-state index >= 15 is 0 Å². The van der Waals surface area contributed by atoms with Gasteiger partial charge < -0.3 is 20.9 Å².